The first-order valence-electron chi connectivity index (χ1n) is 3.46. The SMILES string of the molecule is CNC(=O)O/N=C1/COC(C)S1. The van der Waals surface area contributed by atoms with Crippen LogP contribution in [-0.4, -0.2) is 30.2 Å². The Balaban J connectivity index is 2.33. The predicted molar refractivity (Wildman–Crippen MR) is 46.0 cm³/mol. The van der Waals surface area contributed by atoms with E-state index in [1.165, 1.54) is 18.8 Å². The van der Waals surface area contributed by atoms with Crippen LogP contribution in [0.4, 0.5) is 4.79 Å². The van der Waals surface area contributed by atoms with E-state index in [0.29, 0.717) is 11.7 Å². The molecule has 1 fully saturated rings. The monoisotopic (exact) mass is 190 g/mol. The average molecular weight is 190 g/mol. The Morgan fingerprint density at radius 1 is 1.92 bits per heavy atom. The van der Waals surface area contributed by atoms with E-state index in [4.69, 9.17) is 4.74 Å². The molecule has 0 saturated carbocycles. The minimum absolute atomic E-state index is 0.0945. The van der Waals surface area contributed by atoms with E-state index in [1.807, 2.05) is 6.92 Å². The summed E-state index contributed by atoms with van der Waals surface area (Å²) < 4.78 is 5.15. The number of rotatable bonds is 1. The van der Waals surface area contributed by atoms with Crippen molar-refractivity contribution < 1.29 is 14.4 Å². The lowest BCUT2D eigenvalue weighted by atomic mass is 10.8. The second-order valence-electron chi connectivity index (χ2n) is 2.11. The third-order valence-electron chi connectivity index (χ3n) is 1.18. The molecule has 0 aliphatic carbocycles. The van der Waals surface area contributed by atoms with Crippen molar-refractivity contribution >= 4 is 22.9 Å². The molecule has 68 valence electrons. The van der Waals surface area contributed by atoms with Gasteiger partial charge in [0.25, 0.3) is 0 Å². The number of nitrogens with zero attached hydrogens (tertiary/aromatic N) is 1. The van der Waals surface area contributed by atoms with Gasteiger partial charge in [-0.25, -0.2) is 4.79 Å². The molecule has 0 bridgehead atoms. The van der Waals surface area contributed by atoms with Crippen LogP contribution in [0.15, 0.2) is 5.16 Å². The molecule has 1 amide bonds. The van der Waals surface area contributed by atoms with Gasteiger partial charge in [-0.2, -0.15) is 0 Å². The molecule has 0 aromatic heterocycles. The lowest BCUT2D eigenvalue weighted by molar-refractivity contribution is 0.149. The highest BCUT2D eigenvalue weighted by atomic mass is 32.2. The van der Waals surface area contributed by atoms with E-state index < -0.39 is 6.09 Å². The van der Waals surface area contributed by atoms with E-state index >= 15 is 0 Å². The van der Waals surface area contributed by atoms with Crippen LogP contribution in [0.1, 0.15) is 6.92 Å². The zero-order valence-electron chi connectivity index (χ0n) is 6.86. The number of thioether (sulfide) groups is 1. The first-order chi connectivity index (χ1) is 5.72. The quantitative estimate of drug-likeness (QED) is 0.490. The van der Waals surface area contributed by atoms with Crippen molar-refractivity contribution in [3.05, 3.63) is 0 Å². The molecule has 6 heteroatoms. The van der Waals surface area contributed by atoms with Crippen LogP contribution in [0.5, 0.6) is 0 Å². The minimum Gasteiger partial charge on any atom is -0.360 e. The molecule has 1 aliphatic heterocycles. The summed E-state index contributed by atoms with van der Waals surface area (Å²) in [5, 5.41) is 6.55. The third-order valence-corrected chi connectivity index (χ3v) is 2.11. The van der Waals surface area contributed by atoms with Gasteiger partial charge in [0.05, 0.1) is 6.61 Å². The van der Waals surface area contributed by atoms with E-state index in [1.54, 1.807) is 0 Å². The molecular weight excluding hydrogens is 180 g/mol. The van der Waals surface area contributed by atoms with Crippen molar-refractivity contribution in [2.45, 2.75) is 12.4 Å². The minimum atomic E-state index is -0.567. The molecule has 1 heterocycles. The molecule has 1 N–H and O–H groups in total. The topological polar surface area (TPSA) is 59.9 Å². The number of carbonyl (C=O) groups is 1. The fourth-order valence-corrected chi connectivity index (χ4v) is 1.37. The molecule has 0 aromatic rings. The molecule has 0 aromatic carbocycles. The number of ether oxygens (including phenoxy) is 1. The average Bonchev–Trinajstić information content (AvgIpc) is 2.47. The van der Waals surface area contributed by atoms with Crippen molar-refractivity contribution in [3.8, 4) is 0 Å². The maximum Gasteiger partial charge on any atom is 0.433 e. The standard InChI is InChI=1S/C6H10N2O3S/c1-4-10-3-5(12-4)8-11-6(9)7-2/h4H,3H2,1-2H3,(H,7,9)/b8-5-. The smallest absolute Gasteiger partial charge is 0.360 e. The predicted octanol–water partition coefficient (Wildman–Crippen LogP) is 0.765. The normalized spacial score (nSPS) is 25.8. The highest BCUT2D eigenvalue weighted by Crippen LogP contribution is 2.21. The van der Waals surface area contributed by atoms with Gasteiger partial charge in [0.2, 0.25) is 0 Å². The number of carbonyl (C=O) groups excluding carboxylic acids is 1. The van der Waals surface area contributed by atoms with E-state index in [-0.39, 0.29) is 5.44 Å². The van der Waals surface area contributed by atoms with Gasteiger partial charge >= 0.3 is 6.09 Å². The highest BCUT2D eigenvalue weighted by Gasteiger charge is 2.18. The summed E-state index contributed by atoms with van der Waals surface area (Å²) in [4.78, 5) is 15.0. The van der Waals surface area contributed by atoms with Gasteiger partial charge in [-0.15, -0.1) is 0 Å². The number of oxime groups is 1. The van der Waals surface area contributed by atoms with Gasteiger partial charge < -0.3 is 10.1 Å². The third kappa shape index (κ3) is 2.71. The molecule has 1 unspecified atom stereocenters. The molecular formula is C6H10N2O3S. The van der Waals surface area contributed by atoms with Crippen LogP contribution in [0, 0.1) is 0 Å². The Bertz CT molecular complexity index is 207. The van der Waals surface area contributed by atoms with Crippen molar-refractivity contribution in [2.24, 2.45) is 5.16 Å². The van der Waals surface area contributed by atoms with Crippen LogP contribution < -0.4 is 5.32 Å². The maximum absolute atomic E-state index is 10.6. The second kappa shape index (κ2) is 4.32. The van der Waals surface area contributed by atoms with Crippen molar-refractivity contribution in [1.29, 1.82) is 0 Å². The van der Waals surface area contributed by atoms with Gasteiger partial charge in [0.1, 0.15) is 10.5 Å². The van der Waals surface area contributed by atoms with E-state index in [9.17, 15) is 4.79 Å². The zero-order valence-corrected chi connectivity index (χ0v) is 7.68. The number of hydrogen-bond donors (Lipinski definition) is 1. The molecule has 12 heavy (non-hydrogen) atoms. The lowest BCUT2D eigenvalue weighted by Gasteiger charge is -1.95. The van der Waals surface area contributed by atoms with Crippen LogP contribution >= 0.6 is 11.8 Å². The molecule has 5 nitrogen and oxygen atoms in total. The fraction of sp³-hybridized carbons (Fsp3) is 0.667. The first-order valence-corrected chi connectivity index (χ1v) is 4.34. The van der Waals surface area contributed by atoms with Gasteiger partial charge in [-0.05, 0) is 6.92 Å². The molecule has 1 rings (SSSR count). The Morgan fingerprint density at radius 2 is 2.67 bits per heavy atom. The lowest BCUT2D eigenvalue weighted by Crippen LogP contribution is -2.17. The molecule has 1 aliphatic rings. The van der Waals surface area contributed by atoms with Crippen molar-refractivity contribution in [3.63, 3.8) is 0 Å². The van der Waals surface area contributed by atoms with Crippen LogP contribution in [0.3, 0.4) is 0 Å². The van der Waals surface area contributed by atoms with E-state index in [0.717, 1.165) is 0 Å². The Kier molecular flexibility index (Phi) is 3.36. The summed E-state index contributed by atoms with van der Waals surface area (Å²) in [6, 6.07) is 0. The zero-order chi connectivity index (χ0) is 8.97. The Labute approximate surface area is 74.5 Å². The summed E-state index contributed by atoms with van der Waals surface area (Å²) >= 11 is 1.44. The van der Waals surface area contributed by atoms with E-state index in [2.05, 4.69) is 15.3 Å². The molecule has 0 radical (unpaired) electrons. The number of amides is 1. The number of hydrogen-bond acceptors (Lipinski definition) is 5. The molecule has 1 atom stereocenters. The second-order valence-corrected chi connectivity index (χ2v) is 3.48. The summed E-state index contributed by atoms with van der Waals surface area (Å²) in [5.74, 6) is 0. The maximum atomic E-state index is 10.6. The van der Waals surface area contributed by atoms with Crippen molar-refractivity contribution in [2.75, 3.05) is 13.7 Å². The summed E-state index contributed by atoms with van der Waals surface area (Å²) in [6.07, 6.45) is -0.567. The van der Waals surface area contributed by atoms with Gasteiger partial charge in [0.15, 0.2) is 0 Å². The Hall–Kier alpha value is -0.750. The van der Waals surface area contributed by atoms with Gasteiger partial charge in [-0.1, -0.05) is 16.9 Å². The van der Waals surface area contributed by atoms with Crippen LogP contribution in [0.2, 0.25) is 0 Å². The fourth-order valence-electron chi connectivity index (χ4n) is 0.634. The molecule has 0 spiro atoms. The van der Waals surface area contributed by atoms with Crippen molar-refractivity contribution in [1.82, 2.24) is 5.32 Å². The number of nitrogens with one attached hydrogen (secondary N) is 1. The van der Waals surface area contributed by atoms with Crippen LogP contribution in [0.25, 0.3) is 0 Å². The van der Waals surface area contributed by atoms with Crippen LogP contribution in [-0.2, 0) is 9.57 Å². The van der Waals surface area contributed by atoms with Gasteiger partial charge in [0, 0.05) is 7.05 Å². The molecule has 1 saturated heterocycles. The highest BCUT2D eigenvalue weighted by molar-refractivity contribution is 8.14. The summed E-state index contributed by atoms with van der Waals surface area (Å²) in [7, 11) is 1.48. The summed E-state index contributed by atoms with van der Waals surface area (Å²) in [5.41, 5.74) is 0.0945. The largest absolute Gasteiger partial charge is 0.433 e. The summed E-state index contributed by atoms with van der Waals surface area (Å²) in [6.45, 7) is 2.33. The first kappa shape index (κ1) is 9.34. The Morgan fingerprint density at radius 3 is 3.17 bits per heavy atom. The van der Waals surface area contributed by atoms with Gasteiger partial charge in [-0.3, -0.25) is 4.84 Å².